The molecule has 4 saturated carbocycles. The average molecular weight is 478 g/mol. The van der Waals surface area contributed by atoms with Crippen LogP contribution >= 0.6 is 0 Å². The Morgan fingerprint density at radius 2 is 1.60 bits per heavy atom. The minimum absolute atomic E-state index is 0.0191. The van der Waals surface area contributed by atoms with Crippen molar-refractivity contribution < 1.29 is 14.3 Å². The van der Waals surface area contributed by atoms with Gasteiger partial charge in [0.2, 0.25) is 5.70 Å². The topological polar surface area (TPSA) is 47.7 Å². The molecule has 0 radical (unpaired) electrons. The number of ether oxygens (including phenoxy) is 1. The van der Waals surface area contributed by atoms with Crippen LogP contribution < -0.4 is 0 Å². The second kappa shape index (κ2) is 6.50. The van der Waals surface area contributed by atoms with Crippen molar-refractivity contribution in [3.8, 4) is 0 Å². The second-order valence-electron chi connectivity index (χ2n) is 15.4. The van der Waals surface area contributed by atoms with E-state index in [1.807, 2.05) is 19.9 Å². The quantitative estimate of drug-likeness (QED) is 0.361. The largest absolute Gasteiger partial charge is 0.366 e. The molecule has 0 aromatic heterocycles. The summed E-state index contributed by atoms with van der Waals surface area (Å²) in [4.78, 5) is 31.5. The summed E-state index contributed by atoms with van der Waals surface area (Å²) in [5, 5.41) is 0. The van der Waals surface area contributed by atoms with E-state index in [4.69, 9.17) is 11.3 Å². The Bertz CT molecular complexity index is 1110. The van der Waals surface area contributed by atoms with E-state index >= 15 is 0 Å². The molecule has 0 aromatic rings. The summed E-state index contributed by atoms with van der Waals surface area (Å²) in [6, 6.07) is 0. The van der Waals surface area contributed by atoms with E-state index in [0.717, 1.165) is 38.7 Å². The lowest BCUT2D eigenvalue weighted by Crippen LogP contribution is -2.74. The zero-order valence-corrected chi connectivity index (χ0v) is 22.8. The molecule has 35 heavy (non-hydrogen) atoms. The fraction of sp³-hybridized carbons (Fsp3) is 0.839. The highest BCUT2D eigenvalue weighted by molar-refractivity contribution is 6.02. The molecule has 0 unspecified atom stereocenters. The van der Waals surface area contributed by atoms with Crippen molar-refractivity contribution >= 4 is 11.6 Å². The van der Waals surface area contributed by atoms with Crippen molar-refractivity contribution in [2.75, 3.05) is 6.61 Å². The number of carbonyl (C=O) groups excluding carboxylic acids is 2. The van der Waals surface area contributed by atoms with Crippen LogP contribution in [0, 0.1) is 56.8 Å². The molecule has 1 spiro atoms. The maximum atomic E-state index is 14.6. The third kappa shape index (κ3) is 2.44. The Labute approximate surface area is 211 Å². The number of carbonyl (C=O) groups is 2. The van der Waals surface area contributed by atoms with Gasteiger partial charge in [0.05, 0.1) is 13.2 Å². The van der Waals surface area contributed by atoms with Crippen LogP contribution in [0.2, 0.25) is 0 Å². The van der Waals surface area contributed by atoms with E-state index in [0.29, 0.717) is 18.1 Å². The standard InChI is InChI=1S/C31H43NO3/c1-25(2)11-13-30-14-12-29(7)28(6)10-9-20-26(3,4)24(34)19(32-8)16-27(20,5)21(28)15-23(33)31(29,35-18-30)22(30)17-25/h16,20-22H,9-15,17-18H2,1-7H3/t20-,21+,22+,27-,28+,29-,30+,31+/m0/s1. The molecule has 5 fully saturated rings. The van der Waals surface area contributed by atoms with Gasteiger partial charge in [-0.25, -0.2) is 4.85 Å². The van der Waals surface area contributed by atoms with Crippen molar-refractivity contribution in [2.45, 2.75) is 105 Å². The van der Waals surface area contributed by atoms with Gasteiger partial charge in [0.15, 0.2) is 11.6 Å². The number of hydrogen-bond donors (Lipinski definition) is 0. The Hall–Kier alpha value is -1.47. The van der Waals surface area contributed by atoms with Crippen molar-refractivity contribution in [1.82, 2.24) is 0 Å². The molecular formula is C31H43NO3. The SMILES string of the molecule is [C-]#[N+]C1=C[C@]2(C)[C@H]3CC(=O)[C@]45OC[C@@]6(CCC(C)(C)C[C@H]64)CC[C@@]5(C)[C@]3(C)CC[C@H]2C(C)(C)C1=O. The first-order valence-electron chi connectivity index (χ1n) is 14.0. The number of fused-ring (bicyclic) bond motifs is 4. The first-order valence-corrected chi connectivity index (χ1v) is 14.0. The van der Waals surface area contributed by atoms with Gasteiger partial charge in [-0.05, 0) is 78.4 Å². The second-order valence-corrected chi connectivity index (χ2v) is 15.4. The summed E-state index contributed by atoms with van der Waals surface area (Å²) >= 11 is 0. The number of ketones is 2. The van der Waals surface area contributed by atoms with Crippen LogP contribution in [-0.4, -0.2) is 23.8 Å². The lowest BCUT2D eigenvalue weighted by atomic mass is 9.31. The van der Waals surface area contributed by atoms with Crippen molar-refractivity contribution in [2.24, 2.45) is 50.2 Å². The van der Waals surface area contributed by atoms with Gasteiger partial charge in [0, 0.05) is 23.2 Å². The van der Waals surface area contributed by atoms with E-state index < -0.39 is 11.0 Å². The Morgan fingerprint density at radius 1 is 0.914 bits per heavy atom. The monoisotopic (exact) mass is 477 g/mol. The predicted octanol–water partition coefficient (Wildman–Crippen LogP) is 6.79. The van der Waals surface area contributed by atoms with Gasteiger partial charge >= 0.3 is 0 Å². The lowest BCUT2D eigenvalue weighted by molar-refractivity contribution is -0.254. The van der Waals surface area contributed by atoms with Crippen LogP contribution in [0.5, 0.6) is 0 Å². The Kier molecular flexibility index (Phi) is 4.44. The zero-order chi connectivity index (χ0) is 25.4. The van der Waals surface area contributed by atoms with Gasteiger partial charge in [-0.1, -0.05) is 54.5 Å². The molecule has 0 N–H and O–H groups in total. The third-order valence-electron chi connectivity index (χ3n) is 13.4. The molecule has 5 aliphatic carbocycles. The number of Topliss-reactive ketones (excluding diaryl/α,β-unsaturated/α-hetero) is 2. The summed E-state index contributed by atoms with van der Waals surface area (Å²) in [6.45, 7) is 24.4. The van der Waals surface area contributed by atoms with E-state index in [9.17, 15) is 9.59 Å². The average Bonchev–Trinajstić information content (AvgIpc) is 3.03. The van der Waals surface area contributed by atoms with Crippen LogP contribution in [0.3, 0.4) is 0 Å². The summed E-state index contributed by atoms with van der Waals surface area (Å²) in [5.41, 5.74) is -1.21. The fourth-order valence-corrected chi connectivity index (χ4v) is 11.2. The number of rotatable bonds is 0. The lowest BCUT2D eigenvalue weighted by Gasteiger charge is -2.72. The molecule has 6 aliphatic rings. The normalized spacial score (nSPS) is 53.4. The zero-order valence-electron chi connectivity index (χ0n) is 22.8. The highest BCUT2D eigenvalue weighted by atomic mass is 16.5. The van der Waals surface area contributed by atoms with E-state index in [2.05, 4.69) is 39.5 Å². The summed E-state index contributed by atoms with van der Waals surface area (Å²) in [6.07, 6.45) is 10.2. The smallest absolute Gasteiger partial charge is 0.226 e. The predicted molar refractivity (Wildman–Crippen MR) is 135 cm³/mol. The van der Waals surface area contributed by atoms with Crippen LogP contribution in [0.1, 0.15) is 99.8 Å². The summed E-state index contributed by atoms with van der Waals surface area (Å²) in [5.74, 6) is 0.883. The maximum Gasteiger partial charge on any atom is 0.226 e. The van der Waals surface area contributed by atoms with Gasteiger partial charge in [-0.3, -0.25) is 4.79 Å². The number of hydrogen-bond acceptors (Lipinski definition) is 3. The first-order chi connectivity index (χ1) is 16.1. The van der Waals surface area contributed by atoms with Crippen molar-refractivity contribution in [3.63, 3.8) is 0 Å². The molecule has 4 nitrogen and oxygen atoms in total. The van der Waals surface area contributed by atoms with Gasteiger partial charge in [0.1, 0.15) is 5.60 Å². The summed E-state index contributed by atoms with van der Waals surface area (Å²) < 4.78 is 6.93. The van der Waals surface area contributed by atoms with E-state index in [1.54, 1.807) is 0 Å². The maximum absolute atomic E-state index is 14.6. The van der Waals surface area contributed by atoms with E-state index in [-0.39, 0.29) is 50.4 Å². The summed E-state index contributed by atoms with van der Waals surface area (Å²) in [7, 11) is 0. The van der Waals surface area contributed by atoms with Crippen molar-refractivity contribution in [3.05, 3.63) is 23.2 Å². The van der Waals surface area contributed by atoms with Crippen LogP contribution in [0.25, 0.3) is 4.85 Å². The number of nitrogens with zero attached hydrogens (tertiary/aromatic N) is 1. The van der Waals surface area contributed by atoms with Crippen LogP contribution in [0.15, 0.2) is 11.8 Å². The molecule has 2 bridgehead atoms. The third-order valence-corrected chi connectivity index (χ3v) is 13.4. The van der Waals surface area contributed by atoms with Crippen molar-refractivity contribution in [1.29, 1.82) is 0 Å². The van der Waals surface area contributed by atoms with Gasteiger partial charge in [-0.2, -0.15) is 0 Å². The number of allylic oxidation sites excluding steroid dienone is 2. The highest BCUT2D eigenvalue weighted by Crippen LogP contribution is 2.79. The molecule has 1 saturated heterocycles. The first kappa shape index (κ1) is 23.9. The molecule has 190 valence electrons. The van der Waals surface area contributed by atoms with Gasteiger partial charge in [0.25, 0.3) is 0 Å². The van der Waals surface area contributed by atoms with Crippen LogP contribution in [0.4, 0.5) is 0 Å². The Balaban J connectivity index is 1.52. The molecule has 6 rings (SSSR count). The molecule has 4 heteroatoms. The molecular weight excluding hydrogens is 434 g/mol. The molecule has 8 atom stereocenters. The van der Waals surface area contributed by atoms with Gasteiger partial charge < -0.3 is 9.53 Å². The highest BCUT2D eigenvalue weighted by Gasteiger charge is 2.80. The van der Waals surface area contributed by atoms with Gasteiger partial charge in [-0.15, -0.1) is 0 Å². The molecule has 1 heterocycles. The fourth-order valence-electron chi connectivity index (χ4n) is 11.2. The minimum atomic E-state index is -0.677. The molecule has 1 aliphatic heterocycles. The minimum Gasteiger partial charge on any atom is -0.366 e. The Morgan fingerprint density at radius 3 is 2.29 bits per heavy atom. The molecule has 0 amide bonds. The van der Waals surface area contributed by atoms with E-state index in [1.165, 1.54) is 12.8 Å². The molecule has 0 aromatic carbocycles. The van der Waals surface area contributed by atoms with Crippen LogP contribution in [-0.2, 0) is 14.3 Å².